The van der Waals surface area contributed by atoms with E-state index in [1.807, 2.05) is 13.0 Å². The van der Waals surface area contributed by atoms with Gasteiger partial charge in [0.15, 0.2) is 5.82 Å². The van der Waals surface area contributed by atoms with Gasteiger partial charge >= 0.3 is 0 Å². The first-order valence-electron chi connectivity index (χ1n) is 8.85. The number of halogens is 1. The summed E-state index contributed by atoms with van der Waals surface area (Å²) in [6.45, 7) is 1.94. The van der Waals surface area contributed by atoms with E-state index in [0.717, 1.165) is 21.5 Å². The van der Waals surface area contributed by atoms with Crippen molar-refractivity contribution in [3.8, 4) is 0 Å². The molecule has 1 atom stereocenters. The van der Waals surface area contributed by atoms with Crippen molar-refractivity contribution < 1.29 is 4.92 Å². The number of H-pyrrole nitrogens is 1. The van der Waals surface area contributed by atoms with Crippen LogP contribution in [0.4, 0.5) is 23.3 Å². The van der Waals surface area contributed by atoms with Crippen molar-refractivity contribution in [3.05, 3.63) is 62.4 Å². The highest BCUT2D eigenvalue weighted by molar-refractivity contribution is 9.10. The van der Waals surface area contributed by atoms with Crippen LogP contribution >= 0.6 is 15.9 Å². The lowest BCUT2D eigenvalue weighted by atomic mass is 10.1. The quantitative estimate of drug-likeness (QED) is 0.358. The molecule has 1 fully saturated rings. The Hall–Kier alpha value is -3.01. The molecule has 0 radical (unpaired) electrons. The summed E-state index contributed by atoms with van der Waals surface area (Å²) in [6, 6.07) is 8.29. The summed E-state index contributed by atoms with van der Waals surface area (Å²) >= 11 is 3.46. The minimum Gasteiger partial charge on any atom is -0.348 e. The van der Waals surface area contributed by atoms with E-state index in [4.69, 9.17) is 0 Å². The van der Waals surface area contributed by atoms with E-state index in [-0.39, 0.29) is 11.7 Å². The Morgan fingerprint density at radius 3 is 2.75 bits per heavy atom. The number of anilines is 3. The maximum Gasteiger partial charge on any atom is 0.269 e. The van der Waals surface area contributed by atoms with Crippen LogP contribution in [0.2, 0.25) is 0 Å². The molecule has 28 heavy (non-hydrogen) atoms. The van der Waals surface area contributed by atoms with Gasteiger partial charge in [0.1, 0.15) is 5.82 Å². The molecular formula is C18H18BrN7O2. The van der Waals surface area contributed by atoms with Gasteiger partial charge in [-0.2, -0.15) is 10.1 Å². The minimum atomic E-state index is -0.415. The van der Waals surface area contributed by atoms with E-state index in [0.29, 0.717) is 17.7 Å². The molecule has 10 heteroatoms. The summed E-state index contributed by atoms with van der Waals surface area (Å²) in [4.78, 5) is 19.2. The van der Waals surface area contributed by atoms with Gasteiger partial charge in [0, 0.05) is 30.3 Å². The SMILES string of the molecule is C[C@H](Nc1ncc(Br)c(Nc2cc(C3CC3)n[nH]2)n1)c1ccc([N+](=O)[O-])cc1. The van der Waals surface area contributed by atoms with Gasteiger partial charge in [0.05, 0.1) is 21.1 Å². The summed E-state index contributed by atoms with van der Waals surface area (Å²) in [5.74, 6) is 2.40. The molecule has 0 unspecified atom stereocenters. The Kier molecular flexibility index (Phi) is 4.95. The van der Waals surface area contributed by atoms with Crippen LogP contribution < -0.4 is 10.6 Å². The van der Waals surface area contributed by atoms with Crippen molar-refractivity contribution in [3.63, 3.8) is 0 Å². The van der Waals surface area contributed by atoms with Gasteiger partial charge < -0.3 is 10.6 Å². The van der Waals surface area contributed by atoms with Crippen molar-refractivity contribution in [2.24, 2.45) is 0 Å². The molecule has 0 spiro atoms. The van der Waals surface area contributed by atoms with Crippen LogP contribution in [0.3, 0.4) is 0 Å². The molecule has 0 bridgehead atoms. The largest absolute Gasteiger partial charge is 0.348 e. The van der Waals surface area contributed by atoms with E-state index in [1.165, 1.54) is 25.0 Å². The molecule has 2 aromatic heterocycles. The average molecular weight is 444 g/mol. The van der Waals surface area contributed by atoms with Crippen LogP contribution in [0.15, 0.2) is 41.0 Å². The Balaban J connectivity index is 1.47. The van der Waals surface area contributed by atoms with Crippen LogP contribution in [-0.2, 0) is 0 Å². The molecule has 1 aromatic carbocycles. The molecule has 2 heterocycles. The number of hydrogen-bond donors (Lipinski definition) is 3. The predicted molar refractivity (Wildman–Crippen MR) is 109 cm³/mol. The molecule has 144 valence electrons. The number of nitrogens with one attached hydrogen (secondary N) is 3. The summed E-state index contributed by atoms with van der Waals surface area (Å²) in [6.07, 6.45) is 4.05. The zero-order valence-electron chi connectivity index (χ0n) is 15.0. The van der Waals surface area contributed by atoms with Gasteiger partial charge in [0.2, 0.25) is 5.95 Å². The molecule has 9 nitrogen and oxygen atoms in total. The van der Waals surface area contributed by atoms with Crippen molar-refractivity contribution in [2.45, 2.75) is 31.7 Å². The van der Waals surface area contributed by atoms with Crippen LogP contribution in [0.1, 0.15) is 43.0 Å². The molecule has 3 aromatic rings. The predicted octanol–water partition coefficient (Wildman–Crippen LogP) is 4.66. The van der Waals surface area contributed by atoms with Gasteiger partial charge in [-0.25, -0.2) is 4.98 Å². The first-order valence-corrected chi connectivity index (χ1v) is 9.64. The number of aromatic nitrogens is 4. The van der Waals surface area contributed by atoms with Gasteiger partial charge in [-0.1, -0.05) is 12.1 Å². The van der Waals surface area contributed by atoms with Crippen LogP contribution in [0.25, 0.3) is 0 Å². The smallest absolute Gasteiger partial charge is 0.269 e. The monoisotopic (exact) mass is 443 g/mol. The lowest BCUT2D eigenvalue weighted by Gasteiger charge is -2.15. The zero-order chi connectivity index (χ0) is 19.7. The highest BCUT2D eigenvalue weighted by Gasteiger charge is 2.26. The van der Waals surface area contributed by atoms with Gasteiger partial charge in [0.25, 0.3) is 5.69 Å². The van der Waals surface area contributed by atoms with Crippen molar-refractivity contribution in [2.75, 3.05) is 10.6 Å². The summed E-state index contributed by atoms with van der Waals surface area (Å²) < 4.78 is 0.726. The fourth-order valence-electron chi connectivity index (χ4n) is 2.80. The number of non-ortho nitro benzene ring substituents is 1. The van der Waals surface area contributed by atoms with Crippen LogP contribution in [0.5, 0.6) is 0 Å². The second kappa shape index (κ2) is 7.55. The second-order valence-electron chi connectivity index (χ2n) is 6.71. The van der Waals surface area contributed by atoms with Gasteiger partial charge in [-0.15, -0.1) is 0 Å². The summed E-state index contributed by atoms with van der Waals surface area (Å²) in [5, 5.41) is 24.5. The third kappa shape index (κ3) is 4.11. The number of rotatable bonds is 7. The van der Waals surface area contributed by atoms with Crippen molar-refractivity contribution in [1.82, 2.24) is 20.2 Å². The summed E-state index contributed by atoms with van der Waals surface area (Å²) in [7, 11) is 0. The van der Waals surface area contributed by atoms with E-state index in [2.05, 4.69) is 46.7 Å². The highest BCUT2D eigenvalue weighted by atomic mass is 79.9. The summed E-state index contributed by atoms with van der Waals surface area (Å²) in [5.41, 5.74) is 2.03. The number of nitro groups is 1. The fourth-order valence-corrected chi connectivity index (χ4v) is 3.09. The van der Waals surface area contributed by atoms with Gasteiger partial charge in [-0.3, -0.25) is 15.2 Å². The standard InChI is InChI=1S/C18H18BrN7O2/c1-10(11-4-6-13(7-5-11)26(27)28)21-18-20-9-14(19)17(23-18)22-16-8-15(24-25-16)12-2-3-12/h4-10,12H,2-3H2,1H3,(H3,20,21,22,23,24,25)/t10-/m0/s1. The van der Waals surface area contributed by atoms with Crippen molar-refractivity contribution in [1.29, 1.82) is 0 Å². The molecule has 0 amide bonds. The van der Waals surface area contributed by atoms with E-state index >= 15 is 0 Å². The number of nitro benzene ring substituents is 1. The van der Waals surface area contributed by atoms with E-state index in [1.54, 1.807) is 18.3 Å². The lowest BCUT2D eigenvalue weighted by molar-refractivity contribution is -0.384. The minimum absolute atomic E-state index is 0.0625. The Morgan fingerprint density at radius 2 is 2.07 bits per heavy atom. The number of hydrogen-bond acceptors (Lipinski definition) is 7. The Labute approximate surface area is 169 Å². The Morgan fingerprint density at radius 1 is 1.32 bits per heavy atom. The molecule has 1 aliphatic rings. The third-order valence-electron chi connectivity index (χ3n) is 4.54. The number of nitrogens with zero attached hydrogens (tertiary/aromatic N) is 4. The molecule has 4 rings (SSSR count). The van der Waals surface area contributed by atoms with E-state index < -0.39 is 4.92 Å². The third-order valence-corrected chi connectivity index (χ3v) is 5.12. The van der Waals surface area contributed by atoms with Crippen LogP contribution in [-0.4, -0.2) is 25.1 Å². The van der Waals surface area contributed by atoms with E-state index in [9.17, 15) is 10.1 Å². The fraction of sp³-hybridized carbons (Fsp3) is 0.278. The highest BCUT2D eigenvalue weighted by Crippen LogP contribution is 2.39. The Bertz CT molecular complexity index is 1000. The maximum atomic E-state index is 10.8. The number of aromatic amines is 1. The van der Waals surface area contributed by atoms with Crippen molar-refractivity contribution >= 4 is 39.2 Å². The first-order chi connectivity index (χ1) is 13.5. The van der Waals surface area contributed by atoms with Gasteiger partial charge in [-0.05, 0) is 41.3 Å². The molecule has 0 saturated heterocycles. The van der Waals surface area contributed by atoms with Crippen LogP contribution in [0, 0.1) is 10.1 Å². The molecular weight excluding hydrogens is 426 g/mol. The topological polar surface area (TPSA) is 122 Å². The normalized spacial score (nSPS) is 14.5. The first kappa shape index (κ1) is 18.4. The molecule has 0 aliphatic heterocycles. The molecule has 1 aliphatic carbocycles. The number of benzene rings is 1. The average Bonchev–Trinajstić information content (AvgIpc) is 3.44. The zero-order valence-corrected chi connectivity index (χ0v) is 16.6. The lowest BCUT2D eigenvalue weighted by Crippen LogP contribution is -2.10. The molecule has 3 N–H and O–H groups in total. The maximum absolute atomic E-state index is 10.8. The second-order valence-corrected chi connectivity index (χ2v) is 7.56. The molecule has 1 saturated carbocycles.